The highest BCUT2D eigenvalue weighted by Crippen LogP contribution is 2.17. The topological polar surface area (TPSA) is 52.7 Å². The van der Waals surface area contributed by atoms with Crippen LogP contribution in [0.1, 0.15) is 37.0 Å². The summed E-state index contributed by atoms with van der Waals surface area (Å²) < 4.78 is 0.798. The number of piperidine rings is 1. The summed E-state index contributed by atoms with van der Waals surface area (Å²) in [5.74, 6) is -0.0639. The first-order chi connectivity index (χ1) is 11.1. The van der Waals surface area contributed by atoms with Gasteiger partial charge in [-0.25, -0.2) is 4.79 Å². The lowest BCUT2D eigenvalue weighted by atomic mass is 10.0. The third-order valence-corrected chi connectivity index (χ3v) is 4.94. The number of halogens is 1. The van der Waals surface area contributed by atoms with Crippen LogP contribution in [0.25, 0.3) is 0 Å². The van der Waals surface area contributed by atoms with Crippen LogP contribution >= 0.6 is 15.9 Å². The molecule has 5 nitrogen and oxygen atoms in total. The molecule has 1 aliphatic rings. The number of hydrogen-bond donors (Lipinski definition) is 1. The first-order valence-electron chi connectivity index (χ1n) is 8.16. The highest BCUT2D eigenvalue weighted by atomic mass is 79.9. The quantitative estimate of drug-likeness (QED) is 0.870. The molecule has 1 fully saturated rings. The summed E-state index contributed by atoms with van der Waals surface area (Å²) in [4.78, 5) is 28.4. The zero-order chi connectivity index (χ0) is 16.8. The average Bonchev–Trinajstić information content (AvgIpc) is 2.57. The van der Waals surface area contributed by atoms with Gasteiger partial charge in [-0.15, -0.1) is 0 Å². The maximum Gasteiger partial charge on any atom is 0.319 e. The molecular formula is C17H24BrN3O2. The molecule has 0 aliphatic carbocycles. The smallest absolute Gasteiger partial charge is 0.319 e. The monoisotopic (exact) mass is 381 g/mol. The second-order valence-corrected chi connectivity index (χ2v) is 6.52. The summed E-state index contributed by atoms with van der Waals surface area (Å²) in [6.45, 7) is 6.83. The molecule has 0 atom stereocenters. The van der Waals surface area contributed by atoms with Gasteiger partial charge in [-0.3, -0.25) is 4.79 Å². The average molecular weight is 382 g/mol. The van der Waals surface area contributed by atoms with E-state index in [-0.39, 0.29) is 18.0 Å². The maximum atomic E-state index is 12.3. The van der Waals surface area contributed by atoms with Gasteiger partial charge in [0, 0.05) is 36.7 Å². The Balaban J connectivity index is 1.86. The number of amides is 3. The minimum absolute atomic E-state index is 0.0639. The minimum atomic E-state index is -0.0639. The van der Waals surface area contributed by atoms with Crippen LogP contribution in [-0.2, 0) is 0 Å². The summed E-state index contributed by atoms with van der Waals surface area (Å²) in [5, 5.41) is 3.07. The van der Waals surface area contributed by atoms with Crippen molar-refractivity contribution in [2.24, 2.45) is 0 Å². The molecule has 0 aromatic heterocycles. The molecule has 1 aromatic rings. The summed E-state index contributed by atoms with van der Waals surface area (Å²) >= 11 is 3.40. The van der Waals surface area contributed by atoms with Crippen molar-refractivity contribution in [2.75, 3.05) is 26.2 Å². The number of hydrogen-bond acceptors (Lipinski definition) is 2. The van der Waals surface area contributed by atoms with Crippen molar-refractivity contribution >= 4 is 27.9 Å². The first kappa shape index (κ1) is 17.8. The Labute approximate surface area is 146 Å². The first-order valence-corrected chi connectivity index (χ1v) is 8.95. The molecule has 1 aliphatic heterocycles. The third-order valence-electron chi connectivity index (χ3n) is 4.25. The number of urea groups is 1. The van der Waals surface area contributed by atoms with Gasteiger partial charge < -0.3 is 15.1 Å². The van der Waals surface area contributed by atoms with E-state index in [4.69, 9.17) is 0 Å². The Morgan fingerprint density at radius 1 is 1.22 bits per heavy atom. The lowest BCUT2D eigenvalue weighted by Crippen LogP contribution is -2.50. The van der Waals surface area contributed by atoms with Gasteiger partial charge in [0.15, 0.2) is 0 Å². The van der Waals surface area contributed by atoms with Crippen LogP contribution < -0.4 is 5.32 Å². The Bertz CT molecular complexity index is 553. The molecule has 1 N–H and O–H groups in total. The third kappa shape index (κ3) is 4.47. The van der Waals surface area contributed by atoms with E-state index in [9.17, 15) is 9.59 Å². The second-order valence-electron chi connectivity index (χ2n) is 5.67. The van der Waals surface area contributed by atoms with Crippen LogP contribution in [0.15, 0.2) is 28.7 Å². The molecule has 0 spiro atoms. The second kappa shape index (κ2) is 8.34. The van der Waals surface area contributed by atoms with Crippen LogP contribution in [0.5, 0.6) is 0 Å². The number of nitrogens with one attached hydrogen (secondary N) is 1. The van der Waals surface area contributed by atoms with Crippen LogP contribution in [0.3, 0.4) is 0 Å². The Kier molecular flexibility index (Phi) is 6.45. The van der Waals surface area contributed by atoms with Crippen molar-refractivity contribution in [1.29, 1.82) is 0 Å². The van der Waals surface area contributed by atoms with Crippen molar-refractivity contribution in [3.05, 3.63) is 34.3 Å². The lowest BCUT2D eigenvalue weighted by molar-refractivity contribution is 0.0911. The molecule has 1 saturated heterocycles. The van der Waals surface area contributed by atoms with Gasteiger partial charge in [-0.05, 0) is 54.8 Å². The van der Waals surface area contributed by atoms with E-state index >= 15 is 0 Å². The van der Waals surface area contributed by atoms with Crippen molar-refractivity contribution in [3.63, 3.8) is 0 Å². The fourth-order valence-corrected chi connectivity index (χ4v) is 3.28. The van der Waals surface area contributed by atoms with Crippen LogP contribution in [0.4, 0.5) is 4.79 Å². The van der Waals surface area contributed by atoms with Gasteiger partial charge in [0.1, 0.15) is 0 Å². The standard InChI is InChI=1S/C17H24BrN3O2/c1-3-20(4-2)17(23)21-11-9-13(10-12-21)19-16(22)14-7-5-6-8-15(14)18/h5-8,13H,3-4,9-12H2,1-2H3,(H,19,22). The van der Waals surface area contributed by atoms with E-state index in [0.29, 0.717) is 18.7 Å². The predicted molar refractivity (Wildman–Crippen MR) is 94.5 cm³/mol. The van der Waals surface area contributed by atoms with E-state index < -0.39 is 0 Å². The molecule has 0 saturated carbocycles. The molecule has 3 amide bonds. The fraction of sp³-hybridized carbons (Fsp3) is 0.529. The number of rotatable bonds is 4. The zero-order valence-corrected chi connectivity index (χ0v) is 15.3. The highest BCUT2D eigenvalue weighted by molar-refractivity contribution is 9.10. The normalized spacial score (nSPS) is 15.3. The number of benzene rings is 1. The van der Waals surface area contributed by atoms with Crippen molar-refractivity contribution in [2.45, 2.75) is 32.7 Å². The van der Waals surface area contributed by atoms with E-state index in [1.54, 1.807) is 6.07 Å². The number of likely N-dealkylation sites (tertiary alicyclic amines) is 1. The molecule has 2 rings (SSSR count). The molecule has 6 heteroatoms. The molecule has 0 bridgehead atoms. The Morgan fingerprint density at radius 2 is 1.83 bits per heavy atom. The summed E-state index contributed by atoms with van der Waals surface area (Å²) in [7, 11) is 0. The van der Waals surface area contributed by atoms with E-state index in [0.717, 1.165) is 30.4 Å². The fourth-order valence-electron chi connectivity index (χ4n) is 2.82. The molecular weight excluding hydrogens is 358 g/mol. The largest absolute Gasteiger partial charge is 0.349 e. The Morgan fingerprint density at radius 3 is 2.39 bits per heavy atom. The van der Waals surface area contributed by atoms with E-state index in [1.165, 1.54) is 0 Å². The van der Waals surface area contributed by atoms with Crippen LogP contribution in [0.2, 0.25) is 0 Å². The van der Waals surface area contributed by atoms with E-state index in [2.05, 4.69) is 21.2 Å². The van der Waals surface area contributed by atoms with Crippen LogP contribution in [0, 0.1) is 0 Å². The van der Waals surface area contributed by atoms with E-state index in [1.807, 2.05) is 41.8 Å². The Hall–Kier alpha value is -1.56. The maximum absolute atomic E-state index is 12.3. The van der Waals surface area contributed by atoms with Crippen molar-refractivity contribution < 1.29 is 9.59 Å². The zero-order valence-electron chi connectivity index (χ0n) is 13.7. The number of carbonyl (C=O) groups is 2. The summed E-state index contributed by atoms with van der Waals surface area (Å²) in [6, 6.07) is 7.63. The lowest BCUT2D eigenvalue weighted by Gasteiger charge is -2.35. The molecule has 1 aromatic carbocycles. The van der Waals surface area contributed by atoms with Gasteiger partial charge in [0.05, 0.1) is 5.56 Å². The predicted octanol–water partition coefficient (Wildman–Crippen LogP) is 3.11. The highest BCUT2D eigenvalue weighted by Gasteiger charge is 2.26. The summed E-state index contributed by atoms with van der Waals surface area (Å²) in [5.41, 5.74) is 0.647. The van der Waals surface area contributed by atoms with Crippen LogP contribution in [-0.4, -0.2) is 54.0 Å². The number of carbonyl (C=O) groups excluding carboxylic acids is 2. The van der Waals surface area contributed by atoms with Gasteiger partial charge in [0.25, 0.3) is 5.91 Å². The van der Waals surface area contributed by atoms with Gasteiger partial charge in [-0.2, -0.15) is 0 Å². The van der Waals surface area contributed by atoms with Gasteiger partial charge in [-0.1, -0.05) is 12.1 Å². The molecule has 1 heterocycles. The summed E-state index contributed by atoms with van der Waals surface area (Å²) in [6.07, 6.45) is 1.59. The van der Waals surface area contributed by atoms with Gasteiger partial charge in [0.2, 0.25) is 0 Å². The minimum Gasteiger partial charge on any atom is -0.349 e. The molecule has 0 radical (unpaired) electrons. The molecule has 23 heavy (non-hydrogen) atoms. The number of nitrogens with zero attached hydrogens (tertiary/aromatic N) is 2. The van der Waals surface area contributed by atoms with Gasteiger partial charge >= 0.3 is 6.03 Å². The van der Waals surface area contributed by atoms with Crippen molar-refractivity contribution in [3.8, 4) is 0 Å². The molecule has 126 valence electrons. The molecule has 0 unspecified atom stereocenters. The van der Waals surface area contributed by atoms with Crippen molar-refractivity contribution in [1.82, 2.24) is 15.1 Å². The SMILES string of the molecule is CCN(CC)C(=O)N1CCC(NC(=O)c2ccccc2Br)CC1.